The Balaban J connectivity index is 3.29. The topological polar surface area (TPSA) is 94.8 Å². The Morgan fingerprint density at radius 2 is 1.82 bits per heavy atom. The van der Waals surface area contributed by atoms with Crippen LogP contribution in [-0.4, -0.2) is 33.4 Å². The van der Waals surface area contributed by atoms with Crippen molar-refractivity contribution in [2.24, 2.45) is 0 Å². The maximum absolute atomic E-state index is 10.3. The van der Waals surface area contributed by atoms with E-state index in [4.69, 9.17) is 13.3 Å². The Bertz CT molecular complexity index is 172. The quantitative estimate of drug-likeness (QED) is 0.437. The van der Waals surface area contributed by atoms with Gasteiger partial charge in [0.2, 0.25) is 0 Å². The number of unbranched alkanes of at least 4 members (excludes halogenated alkanes) is 1. The second-order valence-corrected chi connectivity index (χ2v) is 5.97. The summed E-state index contributed by atoms with van der Waals surface area (Å²) in [4.78, 5) is 9.93. The molecular formula is C5H11AsO5. The second kappa shape index (κ2) is 4.59. The van der Waals surface area contributed by atoms with Crippen molar-refractivity contribution in [3.63, 3.8) is 0 Å². The van der Waals surface area contributed by atoms with Crippen LogP contribution in [0.5, 0.6) is 0 Å². The Kier molecular flexibility index (Phi) is 4.49. The molecule has 0 saturated carbocycles. The fourth-order valence-electron chi connectivity index (χ4n) is 0.594. The van der Waals surface area contributed by atoms with E-state index in [9.17, 15) is 8.53 Å². The molecule has 0 spiro atoms. The van der Waals surface area contributed by atoms with Crippen LogP contribution in [0.3, 0.4) is 0 Å². The number of carboxylic acids is 1. The summed E-state index contributed by atoms with van der Waals surface area (Å²) >= 11 is -4.47. The van der Waals surface area contributed by atoms with Gasteiger partial charge in [0, 0.05) is 0 Å². The van der Waals surface area contributed by atoms with Crippen molar-refractivity contribution < 1.29 is 21.8 Å². The summed E-state index contributed by atoms with van der Waals surface area (Å²) in [7, 11) is 0. The van der Waals surface area contributed by atoms with Gasteiger partial charge in [0.05, 0.1) is 0 Å². The molecule has 0 aromatic rings. The molecule has 0 amide bonds. The van der Waals surface area contributed by atoms with Crippen LogP contribution in [-0.2, 0) is 8.53 Å². The molecule has 0 aromatic heterocycles. The fourth-order valence-corrected chi connectivity index (χ4v) is 1.93. The summed E-state index contributed by atoms with van der Waals surface area (Å²) in [5.74, 6) is -0.928. The molecule has 11 heavy (non-hydrogen) atoms. The molecule has 0 unspecified atom stereocenters. The van der Waals surface area contributed by atoms with E-state index < -0.39 is 20.1 Å². The summed E-state index contributed by atoms with van der Waals surface area (Å²) < 4.78 is 27.1. The third-order valence-electron chi connectivity index (χ3n) is 1.09. The Hall–Kier alpha value is -0.252. The number of aliphatic carboxylic acids is 1. The Morgan fingerprint density at radius 1 is 1.27 bits per heavy atom. The third-order valence-corrected chi connectivity index (χ3v) is 2.98. The minimum atomic E-state index is -4.47. The molecule has 0 aromatic carbocycles. The van der Waals surface area contributed by atoms with Crippen LogP contribution >= 0.6 is 0 Å². The first-order valence-corrected chi connectivity index (χ1v) is 6.95. The summed E-state index contributed by atoms with van der Waals surface area (Å²) in [6.07, 6.45) is 0.605. The average Bonchev–Trinajstić information content (AvgIpc) is 1.78. The number of carbonyl (C=O) groups is 1. The van der Waals surface area contributed by atoms with E-state index in [0.717, 1.165) is 0 Å². The van der Waals surface area contributed by atoms with Crippen molar-refractivity contribution in [2.45, 2.75) is 24.5 Å². The van der Waals surface area contributed by atoms with Gasteiger partial charge >= 0.3 is 66.4 Å². The zero-order valence-electron chi connectivity index (χ0n) is 5.93. The molecule has 0 fully saturated rings. The molecular weight excluding hydrogens is 215 g/mol. The van der Waals surface area contributed by atoms with Crippen molar-refractivity contribution in [2.75, 3.05) is 0 Å². The number of hydrogen-bond donors (Lipinski definition) is 3. The van der Waals surface area contributed by atoms with Gasteiger partial charge in [-0.3, -0.25) is 0 Å². The predicted octanol–water partition coefficient (Wildman–Crippen LogP) is -0.405. The number of hydrogen-bond acceptors (Lipinski definition) is 2. The predicted molar refractivity (Wildman–Crippen MR) is 37.2 cm³/mol. The van der Waals surface area contributed by atoms with Gasteiger partial charge in [0.25, 0.3) is 0 Å². The van der Waals surface area contributed by atoms with E-state index in [-0.39, 0.29) is 18.1 Å². The number of carboxylic acid groups (broad SMARTS) is 1. The summed E-state index contributed by atoms with van der Waals surface area (Å²) in [5, 5.41) is 7.99. The fraction of sp³-hybridized carbons (Fsp3) is 0.800. The van der Waals surface area contributed by atoms with Crippen molar-refractivity contribution >= 4 is 20.1 Å². The second-order valence-electron chi connectivity index (χ2n) is 2.24. The normalized spacial score (nSPS) is 11.5. The maximum atomic E-state index is 10.3. The number of rotatable bonds is 5. The van der Waals surface area contributed by atoms with Gasteiger partial charge in [-0.2, -0.15) is 0 Å². The monoisotopic (exact) mass is 226 g/mol. The van der Waals surface area contributed by atoms with E-state index in [1.54, 1.807) is 0 Å². The Labute approximate surface area is 67.0 Å². The van der Waals surface area contributed by atoms with Crippen LogP contribution in [0.25, 0.3) is 0 Å². The first-order valence-electron chi connectivity index (χ1n) is 3.18. The first kappa shape index (κ1) is 10.7. The molecule has 0 heterocycles. The van der Waals surface area contributed by atoms with Gasteiger partial charge < -0.3 is 0 Å². The van der Waals surface area contributed by atoms with Crippen LogP contribution in [0.15, 0.2) is 0 Å². The molecule has 6 heteroatoms. The molecule has 0 bridgehead atoms. The standard InChI is InChI=1S/C5H11AsO5/c7-5(8)3-1-2-4-6(9,10)11/h1-4H2,(H,7,8)(H2,9,10,11). The van der Waals surface area contributed by atoms with Gasteiger partial charge in [-0.25, -0.2) is 0 Å². The molecule has 66 valence electrons. The molecule has 0 aliphatic rings. The molecule has 0 atom stereocenters. The molecule has 0 rings (SSSR count). The van der Waals surface area contributed by atoms with Crippen molar-refractivity contribution in [3.05, 3.63) is 0 Å². The van der Waals surface area contributed by atoms with Crippen molar-refractivity contribution in [1.82, 2.24) is 0 Å². The van der Waals surface area contributed by atoms with E-state index >= 15 is 0 Å². The molecule has 0 radical (unpaired) electrons. The van der Waals surface area contributed by atoms with Gasteiger partial charge in [0.15, 0.2) is 0 Å². The summed E-state index contributed by atoms with van der Waals surface area (Å²) in [5.41, 5.74) is 0. The Morgan fingerprint density at radius 3 is 2.18 bits per heavy atom. The van der Waals surface area contributed by atoms with Crippen LogP contribution in [0, 0.1) is 0 Å². The zero-order valence-corrected chi connectivity index (χ0v) is 7.81. The van der Waals surface area contributed by atoms with Gasteiger partial charge in [-0.05, 0) is 0 Å². The van der Waals surface area contributed by atoms with Gasteiger partial charge in [-0.15, -0.1) is 0 Å². The zero-order chi connectivity index (χ0) is 8.91. The van der Waals surface area contributed by atoms with E-state index in [1.807, 2.05) is 0 Å². The summed E-state index contributed by atoms with van der Waals surface area (Å²) in [6.45, 7) is 0. The van der Waals surface area contributed by atoms with Crippen molar-refractivity contribution in [1.29, 1.82) is 0 Å². The van der Waals surface area contributed by atoms with Gasteiger partial charge in [-0.1, -0.05) is 0 Å². The SMILES string of the molecule is O=C(O)CCCC[As](=O)(O)O. The van der Waals surface area contributed by atoms with E-state index in [0.29, 0.717) is 6.42 Å². The minimum absolute atomic E-state index is 0.0181. The molecule has 0 saturated heterocycles. The molecule has 0 aliphatic carbocycles. The molecule has 0 aliphatic heterocycles. The molecule has 3 N–H and O–H groups in total. The molecule has 5 nitrogen and oxygen atoms in total. The van der Waals surface area contributed by atoms with Crippen molar-refractivity contribution in [3.8, 4) is 0 Å². The van der Waals surface area contributed by atoms with E-state index in [1.165, 1.54) is 0 Å². The summed E-state index contributed by atoms with van der Waals surface area (Å²) in [6, 6.07) is 0. The first-order chi connectivity index (χ1) is 4.92. The van der Waals surface area contributed by atoms with Crippen LogP contribution in [0.4, 0.5) is 0 Å². The average molecular weight is 226 g/mol. The van der Waals surface area contributed by atoms with Gasteiger partial charge in [0.1, 0.15) is 0 Å². The van der Waals surface area contributed by atoms with Crippen LogP contribution < -0.4 is 0 Å². The van der Waals surface area contributed by atoms with Crippen LogP contribution in [0.2, 0.25) is 5.21 Å². The third kappa shape index (κ3) is 9.75. The van der Waals surface area contributed by atoms with Crippen LogP contribution in [0.1, 0.15) is 19.3 Å². The van der Waals surface area contributed by atoms with E-state index in [2.05, 4.69) is 0 Å².